The lowest BCUT2D eigenvalue weighted by molar-refractivity contribution is -0.120. The third-order valence-corrected chi connectivity index (χ3v) is 3.59. The molecule has 0 spiro atoms. The van der Waals surface area contributed by atoms with Gasteiger partial charge in [-0.15, -0.1) is 0 Å². The third-order valence-electron chi connectivity index (χ3n) is 3.07. The number of urea groups is 1. The molecule has 98 valence electrons. The van der Waals surface area contributed by atoms with Gasteiger partial charge in [0, 0.05) is 23.0 Å². The van der Waals surface area contributed by atoms with E-state index >= 15 is 0 Å². The van der Waals surface area contributed by atoms with E-state index < -0.39 is 12.1 Å². The van der Waals surface area contributed by atoms with Gasteiger partial charge in [-0.05, 0) is 17.7 Å². The van der Waals surface area contributed by atoms with Crippen molar-refractivity contribution in [1.82, 2.24) is 15.6 Å². The predicted molar refractivity (Wildman–Crippen MR) is 72.5 cm³/mol. The Labute approximate surface area is 118 Å². The first-order valence-electron chi connectivity index (χ1n) is 5.61. The van der Waals surface area contributed by atoms with Crippen LogP contribution in [0.5, 0.6) is 0 Å². The van der Waals surface area contributed by atoms with Gasteiger partial charge in [0.25, 0.3) is 5.91 Å². The van der Waals surface area contributed by atoms with Crippen LogP contribution in [0.2, 0.25) is 10.0 Å². The van der Waals surface area contributed by atoms with Gasteiger partial charge < -0.3 is 10.3 Å². The molecule has 2 heterocycles. The molecule has 3 N–H and O–H groups in total. The van der Waals surface area contributed by atoms with Gasteiger partial charge >= 0.3 is 6.03 Å². The molecular weight excluding hydrogens is 289 g/mol. The quantitative estimate of drug-likeness (QED) is 0.744. The first kappa shape index (κ1) is 12.3. The van der Waals surface area contributed by atoms with Gasteiger partial charge in [-0.3, -0.25) is 10.1 Å². The monoisotopic (exact) mass is 297 g/mol. The van der Waals surface area contributed by atoms with Gasteiger partial charge in [-0.25, -0.2) is 4.79 Å². The molecular formula is C12H9Cl2N3O2. The fourth-order valence-electron chi connectivity index (χ4n) is 2.20. The molecule has 1 aromatic heterocycles. The Hall–Kier alpha value is -1.72. The number of hydrogen-bond acceptors (Lipinski definition) is 2. The van der Waals surface area contributed by atoms with E-state index in [1.807, 2.05) is 0 Å². The van der Waals surface area contributed by atoms with E-state index in [1.165, 1.54) is 0 Å². The molecule has 7 heteroatoms. The second-order valence-electron chi connectivity index (χ2n) is 4.34. The molecule has 1 fully saturated rings. The SMILES string of the molecule is O=C1NC(=O)[C@@H](Cc2c[nH]c3c(Cl)cc(Cl)cc23)N1. The summed E-state index contributed by atoms with van der Waals surface area (Å²) in [4.78, 5) is 25.6. The molecule has 0 unspecified atom stereocenters. The first-order valence-corrected chi connectivity index (χ1v) is 6.36. The lowest BCUT2D eigenvalue weighted by atomic mass is 10.1. The number of halogens is 2. The first-order chi connectivity index (χ1) is 9.04. The number of nitrogens with one attached hydrogen (secondary N) is 3. The number of imide groups is 1. The molecule has 1 aromatic carbocycles. The zero-order valence-electron chi connectivity index (χ0n) is 9.59. The Kier molecular flexibility index (Phi) is 2.88. The number of carbonyl (C=O) groups is 2. The van der Waals surface area contributed by atoms with Crippen molar-refractivity contribution in [3.8, 4) is 0 Å². The van der Waals surface area contributed by atoms with Crippen LogP contribution in [0.25, 0.3) is 10.9 Å². The maximum atomic E-state index is 11.5. The van der Waals surface area contributed by atoms with Gasteiger partial charge in [0.15, 0.2) is 0 Å². The van der Waals surface area contributed by atoms with E-state index in [1.54, 1.807) is 18.3 Å². The van der Waals surface area contributed by atoms with Crippen molar-refractivity contribution < 1.29 is 9.59 Å². The molecule has 5 nitrogen and oxygen atoms in total. The summed E-state index contributed by atoms with van der Waals surface area (Å²) in [5.74, 6) is -0.326. The molecule has 1 aliphatic rings. The standard InChI is InChI=1S/C12H9Cl2N3O2/c13-6-2-7-5(4-15-10(7)8(14)3-6)1-9-11(18)17-12(19)16-9/h2-4,9,15H,1H2,(H2,16,17,18,19)/t9-/m1/s1. The highest BCUT2D eigenvalue weighted by Crippen LogP contribution is 2.30. The molecule has 1 saturated heterocycles. The van der Waals surface area contributed by atoms with E-state index in [4.69, 9.17) is 23.2 Å². The number of fused-ring (bicyclic) bond motifs is 1. The third kappa shape index (κ3) is 2.15. The number of H-pyrrole nitrogens is 1. The minimum Gasteiger partial charge on any atom is -0.360 e. The zero-order valence-corrected chi connectivity index (χ0v) is 11.1. The van der Waals surface area contributed by atoms with E-state index in [-0.39, 0.29) is 5.91 Å². The van der Waals surface area contributed by atoms with Crippen LogP contribution in [0.3, 0.4) is 0 Å². The molecule has 1 atom stereocenters. The lowest BCUT2D eigenvalue weighted by Crippen LogP contribution is -2.30. The van der Waals surface area contributed by atoms with Crippen LogP contribution in [0.15, 0.2) is 18.3 Å². The minimum atomic E-state index is -0.566. The fraction of sp³-hybridized carbons (Fsp3) is 0.167. The molecule has 0 bridgehead atoms. The van der Waals surface area contributed by atoms with E-state index in [2.05, 4.69) is 15.6 Å². The number of rotatable bonds is 2. The minimum absolute atomic E-state index is 0.326. The van der Waals surface area contributed by atoms with E-state index in [0.29, 0.717) is 16.5 Å². The Balaban J connectivity index is 1.98. The van der Waals surface area contributed by atoms with Crippen molar-refractivity contribution in [2.45, 2.75) is 12.5 Å². The van der Waals surface area contributed by atoms with Crippen LogP contribution in [-0.4, -0.2) is 23.0 Å². The number of aromatic amines is 1. The maximum absolute atomic E-state index is 11.5. The van der Waals surface area contributed by atoms with Crippen molar-refractivity contribution >= 4 is 46.0 Å². The van der Waals surface area contributed by atoms with Crippen molar-refractivity contribution in [3.05, 3.63) is 33.9 Å². The summed E-state index contributed by atoms with van der Waals surface area (Å²) < 4.78 is 0. The highest BCUT2D eigenvalue weighted by molar-refractivity contribution is 6.38. The molecule has 3 rings (SSSR count). The number of amides is 3. The van der Waals surface area contributed by atoms with Crippen LogP contribution >= 0.6 is 23.2 Å². The molecule has 0 radical (unpaired) electrons. The molecule has 2 aromatic rings. The Morgan fingerprint density at radius 1 is 1.21 bits per heavy atom. The summed E-state index contributed by atoms with van der Waals surface area (Å²) in [5.41, 5.74) is 1.65. The summed E-state index contributed by atoms with van der Waals surface area (Å²) in [6.07, 6.45) is 2.15. The van der Waals surface area contributed by atoms with Gasteiger partial charge in [0.2, 0.25) is 0 Å². The Morgan fingerprint density at radius 2 is 2.00 bits per heavy atom. The lowest BCUT2D eigenvalue weighted by Gasteiger charge is -2.06. The Morgan fingerprint density at radius 3 is 2.68 bits per heavy atom. The second-order valence-corrected chi connectivity index (χ2v) is 5.19. The Bertz CT molecular complexity index is 696. The second kappa shape index (κ2) is 4.43. The van der Waals surface area contributed by atoms with Gasteiger partial charge in [0.05, 0.1) is 10.5 Å². The number of carbonyl (C=O) groups excluding carboxylic acids is 2. The highest BCUT2D eigenvalue weighted by atomic mass is 35.5. The molecule has 19 heavy (non-hydrogen) atoms. The van der Waals surface area contributed by atoms with Gasteiger partial charge in [0.1, 0.15) is 6.04 Å². The van der Waals surface area contributed by atoms with Gasteiger partial charge in [-0.1, -0.05) is 23.2 Å². The van der Waals surface area contributed by atoms with Crippen LogP contribution in [0, 0.1) is 0 Å². The maximum Gasteiger partial charge on any atom is 0.322 e. The van der Waals surface area contributed by atoms with Crippen LogP contribution in [0.1, 0.15) is 5.56 Å². The van der Waals surface area contributed by atoms with E-state index in [0.717, 1.165) is 16.5 Å². The summed E-state index contributed by atoms with van der Waals surface area (Å²) in [6, 6.07) is 2.40. The summed E-state index contributed by atoms with van der Waals surface area (Å²) in [7, 11) is 0. The zero-order chi connectivity index (χ0) is 13.6. The van der Waals surface area contributed by atoms with Crippen molar-refractivity contribution in [1.29, 1.82) is 0 Å². The van der Waals surface area contributed by atoms with Crippen molar-refractivity contribution in [2.24, 2.45) is 0 Å². The predicted octanol–water partition coefficient (Wildman–Crippen LogP) is 2.23. The topological polar surface area (TPSA) is 74.0 Å². The number of benzene rings is 1. The van der Waals surface area contributed by atoms with Crippen molar-refractivity contribution in [3.63, 3.8) is 0 Å². The normalized spacial score (nSPS) is 18.7. The molecule has 0 aliphatic carbocycles. The van der Waals surface area contributed by atoms with Crippen LogP contribution < -0.4 is 10.6 Å². The largest absolute Gasteiger partial charge is 0.360 e. The smallest absolute Gasteiger partial charge is 0.322 e. The summed E-state index contributed by atoms with van der Waals surface area (Å²) in [5, 5.41) is 6.66. The fourth-order valence-corrected chi connectivity index (χ4v) is 2.75. The van der Waals surface area contributed by atoms with Crippen LogP contribution in [0.4, 0.5) is 4.79 Å². The molecule has 1 aliphatic heterocycles. The van der Waals surface area contributed by atoms with Gasteiger partial charge in [-0.2, -0.15) is 0 Å². The van der Waals surface area contributed by atoms with E-state index in [9.17, 15) is 9.59 Å². The molecule has 3 amide bonds. The number of hydrogen-bond donors (Lipinski definition) is 3. The average Bonchev–Trinajstić information content (AvgIpc) is 2.84. The summed E-state index contributed by atoms with van der Waals surface area (Å²) >= 11 is 12.1. The molecule has 0 saturated carbocycles. The highest BCUT2D eigenvalue weighted by Gasteiger charge is 2.30. The summed E-state index contributed by atoms with van der Waals surface area (Å²) in [6.45, 7) is 0. The number of aromatic nitrogens is 1. The average molecular weight is 298 g/mol. The van der Waals surface area contributed by atoms with Crippen molar-refractivity contribution in [2.75, 3.05) is 0 Å². The van der Waals surface area contributed by atoms with Crippen LogP contribution in [-0.2, 0) is 11.2 Å².